The summed E-state index contributed by atoms with van der Waals surface area (Å²) in [6, 6.07) is 10.4. The lowest BCUT2D eigenvalue weighted by molar-refractivity contribution is 0.145. The molecule has 3 aromatic rings. The standard InChI is InChI=1S/C17H23ClN4O2.C15H24N2O3S/c1-21-5-7-22(8-6-21)4-3-9-24-16-11-14-13(10-15(16)23-2)17(18)20-12-19-14;1-14-4-6-15(7-5-14)21(18,19)20-13-3-8-17-11-9-16(2)10-12-17/h10-12H,3-9H2,1-2H3;4-7H,3,8-13H2,1-2H3. The molecule has 0 atom stereocenters. The van der Waals surface area contributed by atoms with E-state index in [0.717, 1.165) is 94.8 Å². The molecule has 0 amide bonds. The van der Waals surface area contributed by atoms with Crippen molar-refractivity contribution < 1.29 is 22.1 Å². The molecule has 11 nitrogen and oxygen atoms in total. The SMILES string of the molecule is COc1cc2c(Cl)ncnc2cc1OCCCN1CCN(C)CC1.Cc1ccc(S(=O)(=O)OCCCN2CCN(C)CC2)cc1. The van der Waals surface area contributed by atoms with Crippen molar-refractivity contribution in [2.24, 2.45) is 0 Å². The van der Waals surface area contributed by atoms with Gasteiger partial charge in [-0.1, -0.05) is 29.3 Å². The van der Waals surface area contributed by atoms with E-state index in [2.05, 4.69) is 43.7 Å². The number of rotatable bonds is 12. The molecule has 13 heteroatoms. The third-order valence-corrected chi connectivity index (χ3v) is 9.73. The van der Waals surface area contributed by atoms with Gasteiger partial charge in [0.1, 0.15) is 11.5 Å². The van der Waals surface area contributed by atoms with Crippen molar-refractivity contribution in [3.63, 3.8) is 0 Å². The van der Waals surface area contributed by atoms with Crippen molar-refractivity contribution in [2.45, 2.75) is 24.7 Å². The van der Waals surface area contributed by atoms with E-state index in [9.17, 15) is 8.42 Å². The summed E-state index contributed by atoms with van der Waals surface area (Å²) in [4.78, 5) is 18.0. The van der Waals surface area contributed by atoms with Crippen LogP contribution in [-0.4, -0.2) is 138 Å². The number of benzene rings is 2. The van der Waals surface area contributed by atoms with Gasteiger partial charge in [-0.15, -0.1) is 0 Å². The maximum Gasteiger partial charge on any atom is 0.296 e. The van der Waals surface area contributed by atoms with Gasteiger partial charge in [0.05, 0.1) is 30.7 Å². The van der Waals surface area contributed by atoms with Crippen LogP contribution in [0.2, 0.25) is 5.15 Å². The number of hydrogen-bond donors (Lipinski definition) is 0. The van der Waals surface area contributed by atoms with E-state index in [1.54, 1.807) is 31.4 Å². The quantitative estimate of drug-likeness (QED) is 0.161. The van der Waals surface area contributed by atoms with Crippen molar-refractivity contribution in [1.82, 2.24) is 29.6 Å². The molecule has 2 aromatic carbocycles. The van der Waals surface area contributed by atoms with Crippen molar-refractivity contribution in [1.29, 1.82) is 0 Å². The van der Waals surface area contributed by atoms with Crippen molar-refractivity contribution in [3.05, 3.63) is 53.4 Å². The van der Waals surface area contributed by atoms with E-state index in [0.29, 0.717) is 23.3 Å². The lowest BCUT2D eigenvalue weighted by Gasteiger charge is -2.32. The van der Waals surface area contributed by atoms with Gasteiger partial charge in [-0.05, 0) is 52.1 Å². The molecule has 0 N–H and O–H groups in total. The summed E-state index contributed by atoms with van der Waals surface area (Å²) in [5.41, 5.74) is 1.79. The minimum absolute atomic E-state index is 0.229. The van der Waals surface area contributed by atoms with Gasteiger partial charge < -0.3 is 29.1 Å². The van der Waals surface area contributed by atoms with Gasteiger partial charge >= 0.3 is 0 Å². The third-order valence-electron chi connectivity index (χ3n) is 8.11. The Labute approximate surface area is 273 Å². The van der Waals surface area contributed by atoms with Gasteiger partial charge in [0, 0.05) is 76.9 Å². The third kappa shape index (κ3) is 11.0. The number of hydrogen-bond acceptors (Lipinski definition) is 11. The molecule has 0 unspecified atom stereocenters. The van der Waals surface area contributed by atoms with Crippen LogP contribution in [0.1, 0.15) is 18.4 Å². The molecule has 0 radical (unpaired) electrons. The van der Waals surface area contributed by atoms with E-state index in [1.807, 2.05) is 19.1 Å². The van der Waals surface area contributed by atoms with Crippen LogP contribution in [0.15, 0.2) is 47.6 Å². The summed E-state index contributed by atoms with van der Waals surface area (Å²) in [5.74, 6) is 1.34. The Morgan fingerprint density at radius 1 is 0.800 bits per heavy atom. The van der Waals surface area contributed by atoms with Gasteiger partial charge in [-0.3, -0.25) is 4.18 Å². The van der Waals surface area contributed by atoms with Crippen LogP contribution in [0.3, 0.4) is 0 Å². The Balaban J connectivity index is 0.000000207. The molecule has 2 aliphatic rings. The molecule has 45 heavy (non-hydrogen) atoms. The van der Waals surface area contributed by atoms with Gasteiger partial charge in [0.25, 0.3) is 10.1 Å². The van der Waals surface area contributed by atoms with E-state index < -0.39 is 10.1 Å². The summed E-state index contributed by atoms with van der Waals surface area (Å²) in [5, 5.41) is 1.18. The minimum atomic E-state index is -3.62. The van der Waals surface area contributed by atoms with Gasteiger partial charge in [-0.2, -0.15) is 8.42 Å². The number of likely N-dealkylation sites (N-methyl/N-ethyl adjacent to an activating group) is 2. The summed E-state index contributed by atoms with van der Waals surface area (Å²) in [6.45, 7) is 13.5. The number of fused-ring (bicyclic) bond motifs is 1. The second-order valence-corrected chi connectivity index (χ2v) is 13.6. The predicted molar refractivity (Wildman–Crippen MR) is 178 cm³/mol. The van der Waals surface area contributed by atoms with Crippen LogP contribution >= 0.6 is 11.6 Å². The number of aromatic nitrogens is 2. The van der Waals surface area contributed by atoms with Crippen LogP contribution in [0.25, 0.3) is 10.9 Å². The number of methoxy groups -OCH3 is 1. The Kier molecular flexibility index (Phi) is 13.6. The summed E-state index contributed by atoms with van der Waals surface area (Å²) < 4.78 is 40.4. The highest BCUT2D eigenvalue weighted by Crippen LogP contribution is 2.33. The number of nitrogens with zero attached hydrogens (tertiary/aromatic N) is 6. The molecule has 0 saturated carbocycles. The maximum absolute atomic E-state index is 12.0. The largest absolute Gasteiger partial charge is 0.493 e. The molecule has 2 fully saturated rings. The van der Waals surface area contributed by atoms with Crippen LogP contribution in [0, 0.1) is 6.92 Å². The van der Waals surface area contributed by atoms with Gasteiger partial charge in [-0.25, -0.2) is 9.97 Å². The lowest BCUT2D eigenvalue weighted by Crippen LogP contribution is -2.44. The highest BCUT2D eigenvalue weighted by Gasteiger charge is 2.17. The van der Waals surface area contributed by atoms with Crippen molar-refractivity contribution in [3.8, 4) is 11.5 Å². The molecular formula is C32H47ClN6O5S. The molecule has 0 aliphatic carbocycles. The fourth-order valence-corrected chi connectivity index (χ4v) is 6.29. The summed E-state index contributed by atoms with van der Waals surface area (Å²) in [6.07, 6.45) is 3.17. The van der Waals surface area contributed by atoms with E-state index in [-0.39, 0.29) is 11.5 Å². The number of halogens is 1. The number of ether oxygens (including phenoxy) is 2. The molecular weight excluding hydrogens is 616 g/mol. The first-order valence-electron chi connectivity index (χ1n) is 15.5. The Morgan fingerprint density at radius 3 is 1.96 bits per heavy atom. The molecule has 5 rings (SSSR count). The molecule has 248 valence electrons. The van der Waals surface area contributed by atoms with E-state index >= 15 is 0 Å². The highest BCUT2D eigenvalue weighted by molar-refractivity contribution is 7.86. The number of piperazine rings is 2. The van der Waals surface area contributed by atoms with Crippen LogP contribution in [0.5, 0.6) is 11.5 Å². The van der Waals surface area contributed by atoms with Gasteiger partial charge in [0.2, 0.25) is 0 Å². The zero-order valence-electron chi connectivity index (χ0n) is 27.0. The zero-order chi connectivity index (χ0) is 32.2. The molecule has 3 heterocycles. The fraction of sp³-hybridized carbons (Fsp3) is 0.562. The van der Waals surface area contributed by atoms with E-state index in [1.165, 1.54) is 6.33 Å². The molecule has 2 aliphatic heterocycles. The lowest BCUT2D eigenvalue weighted by atomic mass is 10.2. The van der Waals surface area contributed by atoms with E-state index in [4.69, 9.17) is 25.3 Å². The number of aryl methyl sites for hydroxylation is 1. The fourth-order valence-electron chi connectivity index (χ4n) is 5.15. The van der Waals surface area contributed by atoms with Crippen molar-refractivity contribution >= 4 is 32.6 Å². The average Bonchev–Trinajstić information content (AvgIpc) is 3.03. The van der Waals surface area contributed by atoms with Crippen LogP contribution in [-0.2, 0) is 14.3 Å². The Morgan fingerprint density at radius 2 is 1.38 bits per heavy atom. The first kappa shape index (κ1) is 35.3. The minimum Gasteiger partial charge on any atom is -0.493 e. The first-order valence-corrected chi connectivity index (χ1v) is 17.3. The topological polar surface area (TPSA) is 101 Å². The van der Waals surface area contributed by atoms with Gasteiger partial charge in [0.15, 0.2) is 11.5 Å². The van der Waals surface area contributed by atoms with Crippen molar-refractivity contribution in [2.75, 3.05) is 99.9 Å². The average molecular weight is 663 g/mol. The highest BCUT2D eigenvalue weighted by atomic mass is 35.5. The first-order chi connectivity index (χ1) is 21.6. The Hall–Kier alpha value is -2.58. The molecule has 2 saturated heterocycles. The summed E-state index contributed by atoms with van der Waals surface area (Å²) >= 11 is 6.10. The second kappa shape index (κ2) is 17.4. The van der Waals surface area contributed by atoms with Crippen LogP contribution in [0.4, 0.5) is 0 Å². The molecule has 1 aromatic heterocycles. The second-order valence-electron chi connectivity index (χ2n) is 11.6. The Bertz CT molecular complexity index is 1450. The molecule has 0 spiro atoms. The predicted octanol–water partition coefficient (Wildman–Crippen LogP) is 3.65. The maximum atomic E-state index is 12.0. The molecule has 0 bridgehead atoms. The zero-order valence-corrected chi connectivity index (χ0v) is 28.5. The van der Waals surface area contributed by atoms with Crippen LogP contribution < -0.4 is 9.47 Å². The summed E-state index contributed by atoms with van der Waals surface area (Å²) in [7, 11) is 2.29. The smallest absolute Gasteiger partial charge is 0.296 e. The normalized spacial score (nSPS) is 17.2. The monoisotopic (exact) mass is 662 g/mol.